The van der Waals surface area contributed by atoms with Gasteiger partial charge in [-0.15, -0.1) is 11.6 Å². The lowest BCUT2D eigenvalue weighted by molar-refractivity contribution is -0.117. The monoisotopic (exact) mass is 480 g/mol. The van der Waals surface area contributed by atoms with Crippen LogP contribution in [0, 0.1) is 0 Å². The highest BCUT2D eigenvalue weighted by Gasteiger charge is 2.49. The molecule has 4 rings (SSSR count). The molecule has 3 aromatic rings. The minimum Gasteiger partial charge on any atom is -0.459 e. The smallest absolute Gasteiger partial charge is 0.340 e. The molecule has 0 radical (unpaired) electrons. The summed E-state index contributed by atoms with van der Waals surface area (Å²) in [6, 6.07) is 25.1. The van der Waals surface area contributed by atoms with Crippen molar-refractivity contribution >= 4 is 29.5 Å². The van der Waals surface area contributed by atoms with E-state index in [1.807, 2.05) is 0 Å². The summed E-state index contributed by atoms with van der Waals surface area (Å²) in [6.45, 7) is -0.261. The van der Waals surface area contributed by atoms with Gasteiger partial charge in [0.2, 0.25) is 6.29 Å². The highest BCUT2D eigenvalue weighted by atomic mass is 35.5. The summed E-state index contributed by atoms with van der Waals surface area (Å²) in [4.78, 5) is 37.5. The van der Waals surface area contributed by atoms with E-state index in [1.165, 1.54) is 0 Å². The number of benzene rings is 3. The SMILES string of the molecule is O=C(OC[C@@H]1O[C@@H](OC(=O)c2ccccc2)[C@@H](Cl)[C@H]1OC(=O)c1ccccc1)c1ccccc1. The Hall–Kier alpha value is -3.68. The van der Waals surface area contributed by atoms with E-state index in [-0.39, 0.29) is 6.61 Å². The fourth-order valence-electron chi connectivity index (χ4n) is 3.38. The lowest BCUT2D eigenvalue weighted by Crippen LogP contribution is -2.37. The molecule has 0 saturated carbocycles. The van der Waals surface area contributed by atoms with Gasteiger partial charge in [0.05, 0.1) is 16.7 Å². The second-order valence-electron chi connectivity index (χ2n) is 7.46. The van der Waals surface area contributed by atoms with Gasteiger partial charge in [0.15, 0.2) is 6.10 Å². The van der Waals surface area contributed by atoms with Crippen LogP contribution in [0.5, 0.6) is 0 Å². The number of ether oxygens (including phenoxy) is 4. The second kappa shape index (κ2) is 11.0. The fraction of sp³-hybridized carbons (Fsp3) is 0.192. The normalized spacial score (nSPS) is 21.4. The average Bonchev–Trinajstić information content (AvgIpc) is 3.17. The summed E-state index contributed by atoms with van der Waals surface area (Å²) in [7, 11) is 0. The van der Waals surface area contributed by atoms with Crippen LogP contribution >= 0.6 is 11.6 Å². The number of rotatable bonds is 7. The fourth-order valence-corrected chi connectivity index (χ4v) is 3.71. The maximum Gasteiger partial charge on any atom is 0.340 e. The molecule has 1 saturated heterocycles. The molecule has 4 atom stereocenters. The highest BCUT2D eigenvalue weighted by Crippen LogP contribution is 2.31. The molecule has 1 aliphatic heterocycles. The Balaban J connectivity index is 1.47. The molecule has 174 valence electrons. The molecule has 0 aromatic heterocycles. The Labute approximate surface area is 201 Å². The molecule has 7 nitrogen and oxygen atoms in total. The van der Waals surface area contributed by atoms with Crippen LogP contribution in [0.15, 0.2) is 91.0 Å². The van der Waals surface area contributed by atoms with Crippen LogP contribution in [0.1, 0.15) is 31.1 Å². The van der Waals surface area contributed by atoms with Crippen molar-refractivity contribution in [2.75, 3.05) is 6.61 Å². The molecule has 0 amide bonds. The van der Waals surface area contributed by atoms with Crippen LogP contribution in [0.25, 0.3) is 0 Å². The van der Waals surface area contributed by atoms with Crippen molar-refractivity contribution in [2.45, 2.75) is 23.9 Å². The van der Waals surface area contributed by atoms with Gasteiger partial charge in [0.25, 0.3) is 0 Å². The number of carbonyl (C=O) groups excluding carboxylic acids is 3. The first-order valence-electron chi connectivity index (χ1n) is 10.6. The average molecular weight is 481 g/mol. The zero-order valence-corrected chi connectivity index (χ0v) is 18.7. The first-order chi connectivity index (χ1) is 16.5. The Morgan fingerprint density at radius 3 is 1.62 bits per heavy atom. The van der Waals surface area contributed by atoms with E-state index in [9.17, 15) is 14.4 Å². The number of hydrogen-bond donors (Lipinski definition) is 0. The first kappa shape index (κ1) is 23.5. The molecule has 0 unspecified atom stereocenters. The van der Waals surface area contributed by atoms with E-state index in [0.29, 0.717) is 16.7 Å². The van der Waals surface area contributed by atoms with Crippen LogP contribution in [0.3, 0.4) is 0 Å². The highest BCUT2D eigenvalue weighted by molar-refractivity contribution is 6.21. The van der Waals surface area contributed by atoms with Crippen molar-refractivity contribution in [3.8, 4) is 0 Å². The molecular formula is C26H21ClO7. The molecule has 1 heterocycles. The Morgan fingerprint density at radius 1 is 0.676 bits per heavy atom. The maximum atomic E-state index is 12.6. The van der Waals surface area contributed by atoms with Crippen molar-refractivity contribution in [3.63, 3.8) is 0 Å². The molecule has 8 heteroatoms. The van der Waals surface area contributed by atoms with Crippen molar-refractivity contribution in [3.05, 3.63) is 108 Å². The van der Waals surface area contributed by atoms with E-state index in [4.69, 9.17) is 30.5 Å². The van der Waals surface area contributed by atoms with E-state index < -0.39 is 41.8 Å². The first-order valence-corrected chi connectivity index (χ1v) is 11.0. The lowest BCUT2D eigenvalue weighted by atomic mass is 10.1. The van der Waals surface area contributed by atoms with Gasteiger partial charge in [-0.3, -0.25) is 0 Å². The minimum atomic E-state index is -1.22. The summed E-state index contributed by atoms with van der Waals surface area (Å²) in [5.41, 5.74) is 0.982. The maximum absolute atomic E-state index is 12.6. The zero-order valence-electron chi connectivity index (χ0n) is 17.9. The number of halogens is 1. The largest absolute Gasteiger partial charge is 0.459 e. The molecule has 0 aliphatic carbocycles. The van der Waals surface area contributed by atoms with E-state index >= 15 is 0 Å². The van der Waals surface area contributed by atoms with E-state index in [2.05, 4.69) is 0 Å². The third-order valence-electron chi connectivity index (χ3n) is 5.12. The molecule has 0 N–H and O–H groups in total. The predicted octanol–water partition coefficient (Wildman–Crippen LogP) is 4.26. The van der Waals surface area contributed by atoms with Crippen LogP contribution in [0.4, 0.5) is 0 Å². The molecule has 34 heavy (non-hydrogen) atoms. The predicted molar refractivity (Wildman–Crippen MR) is 123 cm³/mol. The molecule has 0 bridgehead atoms. The quantitative estimate of drug-likeness (QED) is 0.283. The summed E-state index contributed by atoms with van der Waals surface area (Å²) < 4.78 is 22.2. The molecular weight excluding hydrogens is 460 g/mol. The van der Waals surface area contributed by atoms with E-state index in [0.717, 1.165) is 0 Å². The van der Waals surface area contributed by atoms with Crippen LogP contribution in [-0.4, -0.2) is 48.4 Å². The van der Waals surface area contributed by atoms with Crippen LogP contribution in [-0.2, 0) is 18.9 Å². The third-order valence-corrected chi connectivity index (χ3v) is 5.58. The summed E-state index contributed by atoms with van der Waals surface area (Å²) in [6.07, 6.45) is -3.20. The van der Waals surface area contributed by atoms with Gasteiger partial charge in [-0.05, 0) is 36.4 Å². The molecule has 1 fully saturated rings. The van der Waals surface area contributed by atoms with Crippen molar-refractivity contribution in [1.29, 1.82) is 0 Å². The molecule has 1 aliphatic rings. The van der Waals surface area contributed by atoms with Crippen molar-refractivity contribution in [1.82, 2.24) is 0 Å². The number of esters is 3. The summed E-state index contributed by atoms with van der Waals surface area (Å²) in [5, 5.41) is -1.03. The molecule has 3 aromatic carbocycles. The third kappa shape index (κ3) is 5.62. The standard InChI is InChI=1S/C26H21ClO7/c27-21-22(33-24(29)18-12-6-2-7-13-18)20(16-31-23(28)17-10-4-1-5-11-17)32-26(21)34-25(30)19-14-8-3-9-15-19/h1-15,20-22,26H,16H2/t20-,21-,22-,26-/m0/s1. The van der Waals surface area contributed by atoms with E-state index in [1.54, 1.807) is 91.0 Å². The topological polar surface area (TPSA) is 88.1 Å². The van der Waals surface area contributed by atoms with Gasteiger partial charge in [-0.25, -0.2) is 14.4 Å². The van der Waals surface area contributed by atoms with Crippen molar-refractivity contribution in [2.24, 2.45) is 0 Å². The Morgan fingerprint density at radius 2 is 1.12 bits per heavy atom. The van der Waals surface area contributed by atoms with Crippen molar-refractivity contribution < 1.29 is 33.3 Å². The van der Waals surface area contributed by atoms with Gasteiger partial charge in [0, 0.05) is 0 Å². The van der Waals surface area contributed by atoms with Gasteiger partial charge >= 0.3 is 17.9 Å². The van der Waals surface area contributed by atoms with Crippen LogP contribution < -0.4 is 0 Å². The lowest BCUT2D eigenvalue weighted by Gasteiger charge is -2.20. The minimum absolute atomic E-state index is 0.261. The van der Waals surface area contributed by atoms with Gasteiger partial charge < -0.3 is 18.9 Å². The zero-order chi connectivity index (χ0) is 23.9. The van der Waals surface area contributed by atoms with Gasteiger partial charge in [-0.1, -0.05) is 54.6 Å². The number of carbonyl (C=O) groups is 3. The number of hydrogen-bond acceptors (Lipinski definition) is 7. The van der Waals surface area contributed by atoms with Gasteiger partial charge in [0.1, 0.15) is 18.1 Å². The molecule has 0 spiro atoms. The summed E-state index contributed by atoms with van der Waals surface area (Å²) in [5.74, 6) is -1.85. The summed E-state index contributed by atoms with van der Waals surface area (Å²) >= 11 is 6.51. The Kier molecular flexibility index (Phi) is 7.57. The van der Waals surface area contributed by atoms with Gasteiger partial charge in [-0.2, -0.15) is 0 Å². The van der Waals surface area contributed by atoms with Crippen LogP contribution in [0.2, 0.25) is 0 Å². The number of alkyl halides is 1. The Bertz CT molecular complexity index is 1120. The second-order valence-corrected chi connectivity index (χ2v) is 7.96.